The topological polar surface area (TPSA) is 115 Å². The number of ether oxygens (including phenoxy) is 3. The van der Waals surface area contributed by atoms with Crippen LogP contribution in [-0.4, -0.2) is 88.1 Å². The Hall–Kier alpha value is -3.73. The Morgan fingerprint density at radius 3 is 2.43 bits per heavy atom. The summed E-state index contributed by atoms with van der Waals surface area (Å²) < 4.78 is 17.6. The van der Waals surface area contributed by atoms with Crippen LogP contribution in [0, 0.1) is 0 Å². The predicted octanol–water partition coefficient (Wildman–Crippen LogP) is 4.78. The van der Waals surface area contributed by atoms with Crippen LogP contribution in [0.3, 0.4) is 0 Å². The molecule has 6 rings (SSSR count). The third-order valence-electron chi connectivity index (χ3n) is 8.18. The van der Waals surface area contributed by atoms with Crippen molar-refractivity contribution in [1.29, 1.82) is 0 Å². The molecule has 11 nitrogen and oxygen atoms in total. The van der Waals surface area contributed by atoms with Gasteiger partial charge in [0.2, 0.25) is 5.95 Å². The summed E-state index contributed by atoms with van der Waals surface area (Å²) in [5, 5.41) is 3.51. The molecule has 4 heterocycles. The second kappa shape index (κ2) is 12.2. The minimum Gasteiger partial charge on any atom is -0.488 e. The highest BCUT2D eigenvalue weighted by Crippen LogP contribution is 2.33. The van der Waals surface area contributed by atoms with E-state index in [1.807, 2.05) is 33.2 Å². The molecule has 224 valence electrons. The molecule has 1 atom stereocenters. The van der Waals surface area contributed by atoms with Crippen molar-refractivity contribution in [2.75, 3.05) is 49.6 Å². The summed E-state index contributed by atoms with van der Waals surface area (Å²) in [4.78, 5) is 34.9. The number of nitrogens with zero attached hydrogens (tertiary/aromatic N) is 6. The monoisotopic (exact) mass is 575 g/mol. The highest BCUT2D eigenvalue weighted by molar-refractivity contribution is 5.85. The first kappa shape index (κ1) is 28.4. The largest absolute Gasteiger partial charge is 0.488 e. The number of hydrogen-bond donors (Lipinski definition) is 1. The van der Waals surface area contributed by atoms with E-state index in [0.29, 0.717) is 25.1 Å². The van der Waals surface area contributed by atoms with Crippen LogP contribution in [0.15, 0.2) is 36.9 Å². The molecular formula is C31H41N7O4. The molecule has 3 aromatic rings. The Morgan fingerprint density at radius 1 is 0.952 bits per heavy atom. The number of anilines is 2. The molecule has 1 saturated carbocycles. The van der Waals surface area contributed by atoms with Gasteiger partial charge in [0.05, 0.1) is 24.8 Å². The number of likely N-dealkylation sites (tertiary alicyclic amines) is 1. The van der Waals surface area contributed by atoms with Gasteiger partial charge in [0.15, 0.2) is 0 Å². The van der Waals surface area contributed by atoms with Gasteiger partial charge in [-0.1, -0.05) is 0 Å². The maximum Gasteiger partial charge on any atom is 0.410 e. The smallest absolute Gasteiger partial charge is 0.410 e. The van der Waals surface area contributed by atoms with Crippen molar-refractivity contribution in [3.05, 3.63) is 42.5 Å². The van der Waals surface area contributed by atoms with Crippen LogP contribution >= 0.6 is 0 Å². The summed E-state index contributed by atoms with van der Waals surface area (Å²) in [6.07, 6.45) is 11.8. The van der Waals surface area contributed by atoms with Gasteiger partial charge in [-0.3, -0.25) is 4.98 Å². The first-order valence-electron chi connectivity index (χ1n) is 15.1. The van der Waals surface area contributed by atoms with Crippen molar-refractivity contribution in [3.63, 3.8) is 0 Å². The zero-order chi connectivity index (χ0) is 29.1. The number of amides is 1. The molecule has 0 radical (unpaired) electrons. The maximum atomic E-state index is 12.4. The molecule has 0 bridgehead atoms. The van der Waals surface area contributed by atoms with E-state index in [4.69, 9.17) is 14.2 Å². The number of hydrogen-bond acceptors (Lipinski definition) is 10. The van der Waals surface area contributed by atoms with E-state index < -0.39 is 5.60 Å². The lowest BCUT2D eigenvalue weighted by molar-refractivity contribution is 0.0292. The summed E-state index contributed by atoms with van der Waals surface area (Å²) >= 11 is 0. The minimum atomic E-state index is -0.492. The highest BCUT2D eigenvalue weighted by Gasteiger charge is 2.31. The Bertz CT molecular complexity index is 1370. The lowest BCUT2D eigenvalue weighted by Crippen LogP contribution is -2.36. The van der Waals surface area contributed by atoms with Crippen LogP contribution < -0.4 is 15.0 Å². The summed E-state index contributed by atoms with van der Waals surface area (Å²) in [6.45, 7) is 10.2. The molecule has 3 aliphatic rings. The summed E-state index contributed by atoms with van der Waals surface area (Å²) in [5.74, 6) is 1.67. The molecule has 2 saturated heterocycles. The van der Waals surface area contributed by atoms with E-state index in [2.05, 4.69) is 42.3 Å². The van der Waals surface area contributed by atoms with Crippen LogP contribution in [0.1, 0.15) is 64.4 Å². The van der Waals surface area contributed by atoms with Gasteiger partial charge in [-0.2, -0.15) is 0 Å². The highest BCUT2D eigenvalue weighted by atomic mass is 16.6. The van der Waals surface area contributed by atoms with Gasteiger partial charge in [-0.05, 0) is 64.5 Å². The maximum absolute atomic E-state index is 12.4. The summed E-state index contributed by atoms with van der Waals surface area (Å²) in [7, 11) is 0. The van der Waals surface area contributed by atoms with E-state index in [1.165, 1.54) is 0 Å². The van der Waals surface area contributed by atoms with E-state index in [1.54, 1.807) is 17.3 Å². The van der Waals surface area contributed by atoms with E-state index in [0.717, 1.165) is 86.4 Å². The molecule has 11 heteroatoms. The Kier molecular flexibility index (Phi) is 8.28. The molecule has 1 N–H and O–H groups in total. The van der Waals surface area contributed by atoms with Crippen molar-refractivity contribution in [2.24, 2.45) is 0 Å². The molecule has 0 spiro atoms. The lowest BCUT2D eigenvalue weighted by Gasteiger charge is -2.31. The number of carbonyl (C=O) groups is 1. The molecule has 1 aromatic carbocycles. The van der Waals surface area contributed by atoms with E-state index >= 15 is 0 Å². The van der Waals surface area contributed by atoms with Gasteiger partial charge >= 0.3 is 6.09 Å². The van der Waals surface area contributed by atoms with Crippen LogP contribution in [0.25, 0.3) is 11.0 Å². The molecule has 1 aliphatic carbocycles. The molecule has 1 unspecified atom stereocenters. The van der Waals surface area contributed by atoms with Crippen molar-refractivity contribution in [1.82, 2.24) is 24.8 Å². The standard InChI is InChI=1S/C31H41N7O4/c1-31(2,3)42-30(39)38-11-8-21(20-38)22-18-34-29(35-19-22)36-23-4-6-25(7-5-23)41-27-17-24(37-12-14-40-15-13-37)16-26-28(27)33-10-9-32-26/h9-10,16-19,21,23,25H,4-8,11-15,20H2,1-3H3,(H,34,35,36)/t21?,23-,25+. The van der Waals surface area contributed by atoms with Gasteiger partial charge in [0.25, 0.3) is 0 Å². The van der Waals surface area contributed by atoms with Gasteiger partial charge in [-0.15, -0.1) is 0 Å². The van der Waals surface area contributed by atoms with Crippen molar-refractivity contribution in [2.45, 2.75) is 76.5 Å². The number of carbonyl (C=O) groups excluding carboxylic acids is 1. The number of fused-ring (bicyclic) bond motifs is 1. The molecule has 3 fully saturated rings. The second-order valence-corrected chi connectivity index (χ2v) is 12.5. The fourth-order valence-electron chi connectivity index (χ4n) is 5.96. The SMILES string of the molecule is CC(C)(C)OC(=O)N1CCC(c2cnc(N[C@H]3CC[C@@H](Oc4cc(N5CCOCC5)cc5nccnc45)CC3)nc2)C1. The zero-order valence-electron chi connectivity index (χ0n) is 24.8. The minimum absolute atomic E-state index is 0.117. The summed E-state index contributed by atoms with van der Waals surface area (Å²) in [6, 6.07) is 4.50. The second-order valence-electron chi connectivity index (χ2n) is 12.5. The predicted molar refractivity (Wildman–Crippen MR) is 160 cm³/mol. The Morgan fingerprint density at radius 2 is 1.69 bits per heavy atom. The third kappa shape index (κ3) is 6.83. The zero-order valence-corrected chi connectivity index (χ0v) is 24.8. The molecule has 42 heavy (non-hydrogen) atoms. The van der Waals surface area contributed by atoms with Crippen LogP contribution in [0.5, 0.6) is 5.75 Å². The molecular weight excluding hydrogens is 534 g/mol. The van der Waals surface area contributed by atoms with Crippen molar-refractivity contribution >= 4 is 28.8 Å². The van der Waals surface area contributed by atoms with Crippen LogP contribution in [0.4, 0.5) is 16.4 Å². The van der Waals surface area contributed by atoms with Crippen molar-refractivity contribution in [3.8, 4) is 5.75 Å². The number of morpholine rings is 1. The molecule has 1 amide bonds. The van der Waals surface area contributed by atoms with Gasteiger partial charge < -0.3 is 29.3 Å². The number of nitrogens with one attached hydrogen (secondary N) is 1. The summed E-state index contributed by atoms with van der Waals surface area (Å²) in [5.41, 5.74) is 3.32. The van der Waals surface area contributed by atoms with Gasteiger partial charge in [-0.25, -0.2) is 19.7 Å². The van der Waals surface area contributed by atoms with Crippen molar-refractivity contribution < 1.29 is 19.0 Å². The average Bonchev–Trinajstić information content (AvgIpc) is 3.49. The third-order valence-corrected chi connectivity index (χ3v) is 8.18. The Labute approximate surface area is 247 Å². The van der Waals surface area contributed by atoms with E-state index in [-0.39, 0.29) is 18.1 Å². The van der Waals surface area contributed by atoms with Crippen LogP contribution in [0.2, 0.25) is 0 Å². The average molecular weight is 576 g/mol. The van der Waals surface area contributed by atoms with Gasteiger partial charge in [0, 0.05) is 74.7 Å². The van der Waals surface area contributed by atoms with Gasteiger partial charge in [0.1, 0.15) is 16.9 Å². The first-order chi connectivity index (χ1) is 20.3. The fourth-order valence-corrected chi connectivity index (χ4v) is 5.96. The van der Waals surface area contributed by atoms with E-state index in [9.17, 15) is 4.79 Å². The van der Waals surface area contributed by atoms with Crippen LogP contribution in [-0.2, 0) is 9.47 Å². The fraction of sp³-hybridized carbons (Fsp3) is 0.581. The first-order valence-corrected chi connectivity index (χ1v) is 15.1. The lowest BCUT2D eigenvalue weighted by atomic mass is 9.93. The Balaban J connectivity index is 1.02. The number of benzene rings is 1. The molecule has 2 aliphatic heterocycles. The normalized spacial score (nSPS) is 23.2. The molecule has 2 aromatic heterocycles. The number of rotatable bonds is 6. The quantitative estimate of drug-likeness (QED) is 0.440. The number of aromatic nitrogens is 4.